The van der Waals surface area contributed by atoms with E-state index in [0.717, 1.165) is 39.0 Å². The van der Waals surface area contributed by atoms with Gasteiger partial charge in [0.2, 0.25) is 0 Å². The number of hydrogen-bond acceptors (Lipinski definition) is 4. The Morgan fingerprint density at radius 3 is 2.24 bits per heavy atom. The van der Waals surface area contributed by atoms with Gasteiger partial charge in [0, 0.05) is 18.6 Å². The number of nitrogens with zero attached hydrogens (tertiary/aromatic N) is 2. The molecule has 17 heavy (non-hydrogen) atoms. The van der Waals surface area contributed by atoms with E-state index in [1.165, 1.54) is 0 Å². The van der Waals surface area contributed by atoms with Crippen molar-refractivity contribution in [3.63, 3.8) is 0 Å². The van der Waals surface area contributed by atoms with E-state index in [4.69, 9.17) is 0 Å². The maximum Gasteiger partial charge on any atom is 0.0610 e. The second-order valence-electron chi connectivity index (χ2n) is 5.46. The Hall–Kier alpha value is -0.160. The monoisotopic (exact) mass is 245 g/mol. The third-order valence-corrected chi connectivity index (χ3v) is 3.15. The Morgan fingerprint density at radius 1 is 1.12 bits per heavy atom. The van der Waals surface area contributed by atoms with Gasteiger partial charge in [-0.2, -0.15) is 0 Å². The van der Waals surface area contributed by atoms with E-state index >= 15 is 0 Å². The molecule has 0 aromatic rings. The van der Waals surface area contributed by atoms with E-state index in [1.54, 1.807) is 0 Å². The van der Waals surface area contributed by atoms with Crippen molar-refractivity contribution in [3.05, 3.63) is 0 Å². The number of nitrogens with one attached hydrogen (secondary N) is 1. The molecule has 0 amide bonds. The van der Waals surface area contributed by atoms with E-state index in [-0.39, 0.29) is 12.1 Å². The van der Waals surface area contributed by atoms with Crippen molar-refractivity contribution in [3.8, 4) is 0 Å². The van der Waals surface area contributed by atoms with E-state index in [1.807, 2.05) is 0 Å². The van der Waals surface area contributed by atoms with Gasteiger partial charge in [0.05, 0.1) is 6.61 Å². The number of rotatable bonds is 10. The molecule has 0 spiro atoms. The summed E-state index contributed by atoms with van der Waals surface area (Å²) in [5.41, 5.74) is -0.114. The molecular formula is C13H31N3O. The minimum Gasteiger partial charge on any atom is -0.394 e. The highest BCUT2D eigenvalue weighted by Gasteiger charge is 2.21. The van der Waals surface area contributed by atoms with Crippen LogP contribution in [0.2, 0.25) is 0 Å². The minimum absolute atomic E-state index is 0.114. The Balaban J connectivity index is 3.73. The summed E-state index contributed by atoms with van der Waals surface area (Å²) in [5, 5.41) is 12.7. The summed E-state index contributed by atoms with van der Waals surface area (Å²) in [6, 6.07) is 0. The average molecular weight is 245 g/mol. The van der Waals surface area contributed by atoms with Gasteiger partial charge in [-0.05, 0) is 54.0 Å². The summed E-state index contributed by atoms with van der Waals surface area (Å²) in [7, 11) is 6.36. The third kappa shape index (κ3) is 8.55. The first-order valence-electron chi connectivity index (χ1n) is 6.62. The van der Waals surface area contributed by atoms with Crippen molar-refractivity contribution in [2.45, 2.75) is 32.2 Å². The summed E-state index contributed by atoms with van der Waals surface area (Å²) in [5.74, 6) is 0. The molecule has 0 aliphatic carbocycles. The van der Waals surface area contributed by atoms with Crippen LogP contribution in [0.3, 0.4) is 0 Å². The lowest BCUT2D eigenvalue weighted by molar-refractivity contribution is 0.160. The van der Waals surface area contributed by atoms with Crippen LogP contribution >= 0.6 is 0 Å². The summed E-state index contributed by atoms with van der Waals surface area (Å²) >= 11 is 0. The van der Waals surface area contributed by atoms with Crippen LogP contribution < -0.4 is 5.32 Å². The Morgan fingerprint density at radius 2 is 1.76 bits per heavy atom. The second-order valence-corrected chi connectivity index (χ2v) is 5.46. The van der Waals surface area contributed by atoms with Crippen LogP contribution in [0.1, 0.15) is 26.7 Å². The maximum absolute atomic E-state index is 9.38. The van der Waals surface area contributed by atoms with Gasteiger partial charge in [-0.1, -0.05) is 6.92 Å². The maximum atomic E-state index is 9.38. The molecule has 0 aromatic heterocycles. The molecule has 104 valence electrons. The van der Waals surface area contributed by atoms with Crippen molar-refractivity contribution in [1.82, 2.24) is 15.1 Å². The normalized spacial score (nSPS) is 15.5. The molecular weight excluding hydrogens is 214 g/mol. The standard InChI is InChI=1S/C13H31N3O/c1-6-14-13(2,12-17)8-7-9-16(5)11-10-15(3)4/h14,17H,6-12H2,1-5H3. The van der Waals surface area contributed by atoms with Gasteiger partial charge < -0.3 is 20.2 Å². The first kappa shape index (κ1) is 16.8. The summed E-state index contributed by atoms with van der Waals surface area (Å²) in [4.78, 5) is 4.55. The van der Waals surface area contributed by atoms with Crippen molar-refractivity contribution in [2.24, 2.45) is 0 Å². The van der Waals surface area contributed by atoms with E-state index < -0.39 is 0 Å². The molecule has 0 aliphatic rings. The Kier molecular flexibility index (Phi) is 8.78. The number of likely N-dealkylation sites (N-methyl/N-ethyl adjacent to an activating group) is 3. The molecule has 0 aliphatic heterocycles. The molecule has 0 saturated heterocycles. The highest BCUT2D eigenvalue weighted by Crippen LogP contribution is 2.11. The molecule has 0 radical (unpaired) electrons. The highest BCUT2D eigenvalue weighted by molar-refractivity contribution is 4.81. The molecule has 0 heterocycles. The molecule has 0 fully saturated rings. The number of aliphatic hydroxyl groups excluding tert-OH is 1. The molecule has 0 aromatic carbocycles. The predicted molar refractivity (Wildman–Crippen MR) is 74.5 cm³/mol. The zero-order valence-electron chi connectivity index (χ0n) is 12.3. The van der Waals surface area contributed by atoms with Crippen LogP contribution in [0.25, 0.3) is 0 Å². The fourth-order valence-electron chi connectivity index (χ4n) is 1.87. The van der Waals surface area contributed by atoms with Gasteiger partial charge in [-0.15, -0.1) is 0 Å². The second kappa shape index (κ2) is 8.86. The van der Waals surface area contributed by atoms with Gasteiger partial charge in [0.25, 0.3) is 0 Å². The number of aliphatic hydroxyl groups is 1. The first-order chi connectivity index (χ1) is 7.93. The van der Waals surface area contributed by atoms with Crippen molar-refractivity contribution < 1.29 is 5.11 Å². The van der Waals surface area contributed by atoms with Gasteiger partial charge in [0.1, 0.15) is 0 Å². The Bertz CT molecular complexity index is 188. The molecule has 2 N–H and O–H groups in total. The van der Waals surface area contributed by atoms with Crippen LogP contribution in [-0.4, -0.2) is 74.4 Å². The SMILES string of the molecule is CCNC(C)(CO)CCCN(C)CCN(C)C. The van der Waals surface area contributed by atoms with Crippen LogP contribution in [0, 0.1) is 0 Å². The third-order valence-electron chi connectivity index (χ3n) is 3.15. The van der Waals surface area contributed by atoms with Crippen molar-refractivity contribution in [1.29, 1.82) is 0 Å². The van der Waals surface area contributed by atoms with Gasteiger partial charge in [0.15, 0.2) is 0 Å². The number of hydrogen-bond donors (Lipinski definition) is 2. The minimum atomic E-state index is -0.114. The van der Waals surface area contributed by atoms with Crippen molar-refractivity contribution in [2.75, 3.05) is 53.9 Å². The summed E-state index contributed by atoms with van der Waals surface area (Å²) in [6.07, 6.45) is 2.14. The zero-order valence-corrected chi connectivity index (χ0v) is 12.3. The largest absolute Gasteiger partial charge is 0.394 e. The lowest BCUT2D eigenvalue weighted by Gasteiger charge is -2.29. The first-order valence-corrected chi connectivity index (χ1v) is 6.62. The summed E-state index contributed by atoms with van der Waals surface area (Å²) < 4.78 is 0. The topological polar surface area (TPSA) is 38.7 Å². The van der Waals surface area contributed by atoms with Gasteiger partial charge >= 0.3 is 0 Å². The van der Waals surface area contributed by atoms with E-state index in [2.05, 4.69) is 50.1 Å². The smallest absolute Gasteiger partial charge is 0.0610 e. The fraction of sp³-hybridized carbons (Fsp3) is 1.00. The fourth-order valence-corrected chi connectivity index (χ4v) is 1.87. The molecule has 4 nitrogen and oxygen atoms in total. The molecule has 1 unspecified atom stereocenters. The van der Waals surface area contributed by atoms with Crippen LogP contribution in [0.5, 0.6) is 0 Å². The molecule has 0 saturated carbocycles. The average Bonchev–Trinajstić information content (AvgIpc) is 2.26. The molecule has 4 heteroatoms. The van der Waals surface area contributed by atoms with Gasteiger partial charge in [-0.3, -0.25) is 0 Å². The van der Waals surface area contributed by atoms with E-state index in [0.29, 0.717) is 0 Å². The lowest BCUT2D eigenvalue weighted by Crippen LogP contribution is -2.46. The summed E-state index contributed by atoms with van der Waals surface area (Å²) in [6.45, 7) is 8.59. The highest BCUT2D eigenvalue weighted by atomic mass is 16.3. The van der Waals surface area contributed by atoms with Crippen molar-refractivity contribution >= 4 is 0 Å². The van der Waals surface area contributed by atoms with Crippen LogP contribution in [0.15, 0.2) is 0 Å². The quantitative estimate of drug-likeness (QED) is 0.592. The van der Waals surface area contributed by atoms with Gasteiger partial charge in [-0.25, -0.2) is 0 Å². The Labute approximate surface area is 107 Å². The molecule has 1 atom stereocenters. The van der Waals surface area contributed by atoms with Crippen LogP contribution in [-0.2, 0) is 0 Å². The lowest BCUT2D eigenvalue weighted by atomic mass is 9.96. The van der Waals surface area contributed by atoms with Crippen LogP contribution in [0.4, 0.5) is 0 Å². The molecule has 0 bridgehead atoms. The molecule has 0 rings (SSSR count). The van der Waals surface area contributed by atoms with E-state index in [9.17, 15) is 5.11 Å². The predicted octanol–water partition coefficient (Wildman–Crippen LogP) is 0.621. The zero-order chi connectivity index (χ0) is 13.3.